The fraction of sp³-hybridized carbons (Fsp3) is 0.200. The van der Waals surface area contributed by atoms with E-state index in [9.17, 15) is 4.79 Å². The summed E-state index contributed by atoms with van der Waals surface area (Å²) in [5, 5.41) is 4.22. The van der Waals surface area contributed by atoms with Crippen molar-refractivity contribution >= 4 is 23.4 Å². The summed E-state index contributed by atoms with van der Waals surface area (Å²) in [7, 11) is 0. The van der Waals surface area contributed by atoms with Crippen molar-refractivity contribution in [2.75, 3.05) is 6.61 Å². The number of amides is 1. The fourth-order valence-electron chi connectivity index (χ4n) is 2.84. The van der Waals surface area contributed by atoms with Gasteiger partial charge in [0, 0.05) is 17.1 Å². The number of rotatable bonds is 9. The van der Waals surface area contributed by atoms with Gasteiger partial charge in [0.05, 0.1) is 12.3 Å². The molecule has 0 bridgehead atoms. The Morgan fingerprint density at radius 1 is 0.867 bits per heavy atom. The third-order valence-electron chi connectivity index (χ3n) is 4.50. The van der Waals surface area contributed by atoms with Gasteiger partial charge in [-0.3, -0.25) is 4.79 Å². The van der Waals surface area contributed by atoms with E-state index in [0.29, 0.717) is 12.2 Å². The molecule has 3 aromatic carbocycles. The van der Waals surface area contributed by atoms with E-state index in [1.807, 2.05) is 80.2 Å². The molecule has 154 valence electrons. The Kier molecular flexibility index (Phi) is 8.10. The van der Waals surface area contributed by atoms with Crippen LogP contribution in [0.2, 0.25) is 0 Å². The summed E-state index contributed by atoms with van der Waals surface area (Å²) in [6, 6.07) is 25.7. The van der Waals surface area contributed by atoms with Crippen molar-refractivity contribution in [2.45, 2.75) is 25.4 Å². The number of hydrazone groups is 1. The highest BCUT2D eigenvalue weighted by Gasteiger charge is 2.06. The van der Waals surface area contributed by atoms with Gasteiger partial charge in [-0.25, -0.2) is 5.43 Å². The maximum Gasteiger partial charge on any atom is 0.271 e. The van der Waals surface area contributed by atoms with E-state index in [0.717, 1.165) is 28.5 Å². The molecular weight excluding hydrogens is 392 g/mol. The zero-order valence-corrected chi connectivity index (χ0v) is 18.1. The van der Waals surface area contributed by atoms with Crippen molar-refractivity contribution in [1.29, 1.82) is 0 Å². The van der Waals surface area contributed by atoms with Gasteiger partial charge >= 0.3 is 0 Å². The number of carbonyl (C=O) groups is 1. The third-order valence-corrected chi connectivity index (χ3v) is 5.58. The van der Waals surface area contributed by atoms with Crippen LogP contribution in [0.25, 0.3) is 0 Å². The Labute approximate surface area is 182 Å². The van der Waals surface area contributed by atoms with Gasteiger partial charge < -0.3 is 4.74 Å². The maximum atomic E-state index is 12.4. The van der Waals surface area contributed by atoms with Gasteiger partial charge in [0.2, 0.25) is 0 Å². The molecule has 0 saturated heterocycles. The van der Waals surface area contributed by atoms with Gasteiger partial charge in [-0.2, -0.15) is 16.9 Å². The topological polar surface area (TPSA) is 50.7 Å². The van der Waals surface area contributed by atoms with E-state index in [2.05, 4.69) is 34.8 Å². The highest BCUT2D eigenvalue weighted by atomic mass is 32.2. The minimum atomic E-state index is -0.219. The van der Waals surface area contributed by atoms with Crippen LogP contribution in [0.3, 0.4) is 0 Å². The van der Waals surface area contributed by atoms with Gasteiger partial charge in [0.1, 0.15) is 5.75 Å². The Balaban J connectivity index is 1.50. The van der Waals surface area contributed by atoms with Crippen LogP contribution < -0.4 is 10.2 Å². The zero-order chi connectivity index (χ0) is 21.2. The van der Waals surface area contributed by atoms with E-state index in [1.54, 1.807) is 0 Å². The average molecular weight is 419 g/mol. The number of hydrogen-bond donors (Lipinski definition) is 1. The molecule has 3 aromatic rings. The van der Waals surface area contributed by atoms with Crippen LogP contribution in [0.15, 0.2) is 84.0 Å². The molecule has 0 atom stereocenters. The molecule has 0 heterocycles. The van der Waals surface area contributed by atoms with E-state index in [-0.39, 0.29) is 5.91 Å². The molecule has 0 saturated carbocycles. The summed E-state index contributed by atoms with van der Waals surface area (Å²) in [4.78, 5) is 12.4. The molecule has 3 rings (SSSR count). The first-order chi connectivity index (χ1) is 14.7. The van der Waals surface area contributed by atoms with Gasteiger partial charge in [-0.1, -0.05) is 42.5 Å². The van der Waals surface area contributed by atoms with Crippen molar-refractivity contribution in [3.05, 3.63) is 101 Å². The van der Waals surface area contributed by atoms with Crippen LogP contribution >= 0.6 is 11.8 Å². The number of ether oxygens (including phenoxy) is 1. The predicted octanol–water partition coefficient (Wildman–Crippen LogP) is 5.67. The summed E-state index contributed by atoms with van der Waals surface area (Å²) < 4.78 is 5.44. The normalized spacial score (nSPS) is 11.2. The lowest BCUT2D eigenvalue weighted by atomic mass is 10.1. The van der Waals surface area contributed by atoms with Gasteiger partial charge in [0.15, 0.2) is 0 Å². The summed E-state index contributed by atoms with van der Waals surface area (Å²) in [6.07, 6.45) is 0. The smallest absolute Gasteiger partial charge is 0.271 e. The first kappa shape index (κ1) is 21.7. The largest absolute Gasteiger partial charge is 0.494 e. The van der Waals surface area contributed by atoms with Crippen molar-refractivity contribution in [1.82, 2.24) is 5.43 Å². The van der Waals surface area contributed by atoms with Crippen LogP contribution in [0.1, 0.15) is 40.9 Å². The third kappa shape index (κ3) is 6.49. The van der Waals surface area contributed by atoms with Crippen molar-refractivity contribution in [3.8, 4) is 5.75 Å². The molecule has 5 heteroatoms. The molecule has 0 aliphatic carbocycles. The van der Waals surface area contributed by atoms with Crippen LogP contribution in [-0.4, -0.2) is 18.2 Å². The van der Waals surface area contributed by atoms with Crippen molar-refractivity contribution in [2.24, 2.45) is 5.10 Å². The van der Waals surface area contributed by atoms with E-state index >= 15 is 0 Å². The molecular formula is C25H26N2O2S. The summed E-state index contributed by atoms with van der Waals surface area (Å²) in [5.74, 6) is 2.48. The Morgan fingerprint density at radius 3 is 2.10 bits per heavy atom. The van der Waals surface area contributed by atoms with E-state index in [1.165, 1.54) is 11.1 Å². The van der Waals surface area contributed by atoms with Crippen LogP contribution in [0.4, 0.5) is 0 Å². The van der Waals surface area contributed by atoms with Crippen LogP contribution in [0.5, 0.6) is 5.75 Å². The minimum absolute atomic E-state index is 0.219. The molecule has 0 aliphatic rings. The quantitative estimate of drug-likeness (QED) is 0.360. The molecule has 0 fully saturated rings. The lowest BCUT2D eigenvalue weighted by molar-refractivity contribution is 0.0955. The number of thioether (sulfide) groups is 1. The van der Waals surface area contributed by atoms with Gasteiger partial charge in [-0.05, 0) is 66.9 Å². The molecule has 0 aromatic heterocycles. The lowest BCUT2D eigenvalue weighted by Gasteiger charge is -2.06. The van der Waals surface area contributed by atoms with Gasteiger partial charge in [-0.15, -0.1) is 0 Å². The molecule has 30 heavy (non-hydrogen) atoms. The average Bonchev–Trinajstić information content (AvgIpc) is 2.79. The second kappa shape index (κ2) is 11.2. The second-order valence-electron chi connectivity index (χ2n) is 6.77. The van der Waals surface area contributed by atoms with E-state index in [4.69, 9.17) is 4.74 Å². The molecule has 0 radical (unpaired) electrons. The maximum absolute atomic E-state index is 12.4. The molecule has 0 spiro atoms. The zero-order valence-electron chi connectivity index (χ0n) is 17.3. The summed E-state index contributed by atoms with van der Waals surface area (Å²) in [5.41, 5.74) is 7.41. The van der Waals surface area contributed by atoms with Crippen LogP contribution in [0, 0.1) is 0 Å². The van der Waals surface area contributed by atoms with Gasteiger partial charge in [0.25, 0.3) is 5.91 Å². The molecule has 0 unspecified atom stereocenters. The summed E-state index contributed by atoms with van der Waals surface area (Å²) in [6.45, 7) is 4.45. The highest BCUT2D eigenvalue weighted by Crippen LogP contribution is 2.18. The molecule has 0 aliphatic heterocycles. The second-order valence-corrected chi connectivity index (χ2v) is 7.76. The predicted molar refractivity (Wildman–Crippen MR) is 125 cm³/mol. The summed E-state index contributed by atoms with van der Waals surface area (Å²) >= 11 is 1.86. The molecule has 1 N–H and O–H groups in total. The monoisotopic (exact) mass is 418 g/mol. The van der Waals surface area contributed by atoms with E-state index < -0.39 is 0 Å². The molecule has 1 amide bonds. The van der Waals surface area contributed by atoms with Crippen LogP contribution in [-0.2, 0) is 11.5 Å². The Morgan fingerprint density at radius 2 is 1.47 bits per heavy atom. The highest BCUT2D eigenvalue weighted by molar-refractivity contribution is 7.97. The number of benzene rings is 3. The van der Waals surface area contributed by atoms with Crippen molar-refractivity contribution in [3.63, 3.8) is 0 Å². The van der Waals surface area contributed by atoms with Crippen molar-refractivity contribution < 1.29 is 9.53 Å². The number of carbonyl (C=O) groups excluding carboxylic acids is 1. The minimum Gasteiger partial charge on any atom is -0.494 e. The SMILES string of the molecule is CCOc1ccc(/C(C)=N\NC(=O)c2ccc(CSCc3ccccc3)cc2)cc1. The Hall–Kier alpha value is -3.05. The fourth-order valence-corrected chi connectivity index (χ4v) is 3.79. The Bertz CT molecular complexity index is 968. The first-order valence-corrected chi connectivity index (χ1v) is 11.1. The number of hydrogen-bond acceptors (Lipinski definition) is 4. The lowest BCUT2D eigenvalue weighted by Crippen LogP contribution is -2.19. The number of nitrogens with one attached hydrogen (secondary N) is 1. The number of nitrogens with zero attached hydrogens (tertiary/aromatic N) is 1. The first-order valence-electron chi connectivity index (χ1n) is 9.94. The standard InChI is InChI=1S/C25H26N2O2S/c1-3-29-24-15-13-22(14-16-24)19(2)26-27-25(28)23-11-9-21(10-12-23)18-30-17-20-7-5-4-6-8-20/h4-16H,3,17-18H2,1-2H3,(H,27,28)/b26-19-. The molecule has 4 nitrogen and oxygen atoms in total.